The van der Waals surface area contributed by atoms with E-state index < -0.39 is 0 Å². The van der Waals surface area contributed by atoms with Crippen molar-refractivity contribution >= 4 is 6.08 Å². The Morgan fingerprint density at radius 2 is 2.06 bits per heavy atom. The molecule has 0 atom stereocenters. The van der Waals surface area contributed by atoms with Crippen molar-refractivity contribution in [2.24, 2.45) is 0 Å². The number of aryl methyl sites for hydroxylation is 1. The fourth-order valence-corrected chi connectivity index (χ4v) is 1.71. The largest absolute Gasteiger partial charge is 0.313 e. The molecule has 1 rings (SSSR count). The minimum Gasteiger partial charge on any atom is -0.313 e. The van der Waals surface area contributed by atoms with Gasteiger partial charge in [-0.15, -0.1) is 0 Å². The van der Waals surface area contributed by atoms with E-state index in [-0.39, 0.29) is 0 Å². The van der Waals surface area contributed by atoms with Crippen LogP contribution in [0.15, 0.2) is 23.8 Å². The zero-order chi connectivity index (χ0) is 12.0. The van der Waals surface area contributed by atoms with E-state index in [0.29, 0.717) is 0 Å². The molecular weight excluding hydrogens is 194 g/mol. The molecule has 0 saturated heterocycles. The Bertz CT molecular complexity index is 364. The van der Waals surface area contributed by atoms with E-state index in [9.17, 15) is 0 Å². The molecule has 0 aliphatic rings. The third kappa shape index (κ3) is 3.82. The number of hydrogen-bond donors (Lipinski definition) is 1. The molecule has 0 heterocycles. The lowest BCUT2D eigenvalue weighted by Crippen LogP contribution is -2.16. The van der Waals surface area contributed by atoms with Gasteiger partial charge in [0.05, 0.1) is 0 Å². The molecule has 0 aliphatic carbocycles. The molecule has 88 valence electrons. The maximum absolute atomic E-state index is 3.42. The van der Waals surface area contributed by atoms with E-state index in [1.54, 1.807) is 0 Å². The lowest BCUT2D eigenvalue weighted by atomic mass is 10.0. The van der Waals surface area contributed by atoms with E-state index in [4.69, 9.17) is 0 Å². The van der Waals surface area contributed by atoms with E-state index in [1.807, 2.05) is 0 Å². The Kier molecular flexibility index (Phi) is 5.27. The lowest BCUT2D eigenvalue weighted by Gasteiger charge is -2.07. The smallest absolute Gasteiger partial charge is 0.0165 e. The monoisotopic (exact) mass is 217 g/mol. The van der Waals surface area contributed by atoms with Gasteiger partial charge in [-0.2, -0.15) is 0 Å². The van der Waals surface area contributed by atoms with E-state index in [0.717, 1.165) is 13.1 Å². The molecule has 1 aromatic rings. The zero-order valence-electron chi connectivity index (χ0n) is 10.9. The Hall–Kier alpha value is -1.08. The summed E-state index contributed by atoms with van der Waals surface area (Å²) in [6, 6.07) is 6.48. The molecule has 1 nitrogen and oxygen atoms in total. The van der Waals surface area contributed by atoms with Crippen molar-refractivity contribution in [2.45, 2.75) is 34.1 Å². The van der Waals surface area contributed by atoms with E-state index >= 15 is 0 Å². The molecule has 0 bridgehead atoms. The molecule has 0 fully saturated rings. The summed E-state index contributed by atoms with van der Waals surface area (Å²) in [6.07, 6.45) is 3.47. The SMILES string of the molecule is CCCNCC(C)=Cc1cccc(C)c1C. The highest BCUT2D eigenvalue weighted by atomic mass is 14.8. The van der Waals surface area contributed by atoms with Crippen LogP contribution in [0.5, 0.6) is 0 Å². The summed E-state index contributed by atoms with van der Waals surface area (Å²) in [4.78, 5) is 0. The minimum absolute atomic E-state index is 0.987. The molecule has 0 radical (unpaired) electrons. The Labute approximate surface area is 99.6 Å². The molecule has 0 aliphatic heterocycles. The summed E-state index contributed by atoms with van der Waals surface area (Å²) in [5.41, 5.74) is 5.48. The molecule has 1 heteroatoms. The molecule has 0 aromatic heterocycles. The number of hydrogen-bond acceptors (Lipinski definition) is 1. The Morgan fingerprint density at radius 3 is 2.75 bits per heavy atom. The van der Waals surface area contributed by atoms with Crippen LogP contribution in [-0.4, -0.2) is 13.1 Å². The van der Waals surface area contributed by atoms with Gasteiger partial charge in [-0.25, -0.2) is 0 Å². The van der Waals surface area contributed by atoms with E-state index in [2.05, 4.69) is 57.3 Å². The number of nitrogens with one attached hydrogen (secondary N) is 1. The lowest BCUT2D eigenvalue weighted by molar-refractivity contribution is 0.715. The normalized spacial score (nSPS) is 11.9. The van der Waals surface area contributed by atoms with Gasteiger partial charge in [0.1, 0.15) is 0 Å². The Morgan fingerprint density at radius 1 is 1.31 bits per heavy atom. The first-order valence-corrected chi connectivity index (χ1v) is 6.09. The highest BCUT2D eigenvalue weighted by molar-refractivity contribution is 5.57. The third-order valence-electron chi connectivity index (χ3n) is 2.88. The Balaban J connectivity index is 2.70. The molecule has 1 N–H and O–H groups in total. The molecular formula is C15H23N. The van der Waals surface area contributed by atoms with Crippen molar-refractivity contribution in [2.75, 3.05) is 13.1 Å². The van der Waals surface area contributed by atoms with Crippen molar-refractivity contribution in [3.05, 3.63) is 40.5 Å². The van der Waals surface area contributed by atoms with Gasteiger partial charge in [-0.1, -0.05) is 36.8 Å². The summed E-state index contributed by atoms with van der Waals surface area (Å²) in [6.45, 7) is 10.8. The summed E-state index contributed by atoms with van der Waals surface area (Å²) in [7, 11) is 0. The number of rotatable bonds is 5. The standard InChI is InChI=1S/C15H23N/c1-5-9-16-11-12(2)10-15-8-6-7-13(3)14(15)4/h6-8,10,16H,5,9,11H2,1-4H3. The van der Waals surface area contributed by atoms with Crippen molar-refractivity contribution in [3.63, 3.8) is 0 Å². The second kappa shape index (κ2) is 6.49. The second-order valence-electron chi connectivity index (χ2n) is 4.46. The van der Waals surface area contributed by atoms with Crippen LogP contribution < -0.4 is 5.32 Å². The van der Waals surface area contributed by atoms with Gasteiger partial charge in [-0.05, 0) is 50.4 Å². The van der Waals surface area contributed by atoms with Crippen LogP contribution in [0.25, 0.3) is 6.08 Å². The van der Waals surface area contributed by atoms with Crippen LogP contribution in [0.3, 0.4) is 0 Å². The first-order valence-electron chi connectivity index (χ1n) is 6.09. The summed E-state index contributed by atoms with van der Waals surface area (Å²) in [5, 5.41) is 3.42. The van der Waals surface area contributed by atoms with Gasteiger partial charge in [0.2, 0.25) is 0 Å². The predicted octanol–water partition coefficient (Wildman–Crippen LogP) is 3.71. The van der Waals surface area contributed by atoms with Crippen molar-refractivity contribution in [3.8, 4) is 0 Å². The highest BCUT2D eigenvalue weighted by Gasteiger charge is 1.98. The van der Waals surface area contributed by atoms with Crippen LogP contribution in [0.4, 0.5) is 0 Å². The fraction of sp³-hybridized carbons (Fsp3) is 0.467. The molecule has 1 aromatic carbocycles. The average Bonchev–Trinajstić information content (AvgIpc) is 2.25. The van der Waals surface area contributed by atoms with Gasteiger partial charge in [0.15, 0.2) is 0 Å². The first-order chi connectivity index (χ1) is 7.65. The van der Waals surface area contributed by atoms with Gasteiger partial charge >= 0.3 is 0 Å². The molecule has 0 unspecified atom stereocenters. The van der Waals surface area contributed by atoms with E-state index in [1.165, 1.54) is 28.7 Å². The van der Waals surface area contributed by atoms with Crippen LogP contribution in [-0.2, 0) is 0 Å². The summed E-state index contributed by atoms with van der Waals surface area (Å²) >= 11 is 0. The van der Waals surface area contributed by atoms with Crippen LogP contribution in [0.1, 0.15) is 37.0 Å². The second-order valence-corrected chi connectivity index (χ2v) is 4.46. The average molecular weight is 217 g/mol. The summed E-state index contributed by atoms with van der Waals surface area (Å²) in [5.74, 6) is 0. The molecule has 16 heavy (non-hydrogen) atoms. The minimum atomic E-state index is 0.987. The summed E-state index contributed by atoms with van der Waals surface area (Å²) < 4.78 is 0. The highest BCUT2D eigenvalue weighted by Crippen LogP contribution is 2.15. The molecule has 0 spiro atoms. The molecule has 0 amide bonds. The van der Waals surface area contributed by atoms with Crippen LogP contribution in [0, 0.1) is 13.8 Å². The van der Waals surface area contributed by atoms with Gasteiger partial charge < -0.3 is 5.32 Å². The number of benzene rings is 1. The quantitative estimate of drug-likeness (QED) is 0.741. The van der Waals surface area contributed by atoms with Gasteiger partial charge in [-0.3, -0.25) is 0 Å². The maximum Gasteiger partial charge on any atom is 0.0165 e. The predicted molar refractivity (Wildman–Crippen MR) is 72.7 cm³/mol. The van der Waals surface area contributed by atoms with Gasteiger partial charge in [0.25, 0.3) is 0 Å². The fourth-order valence-electron chi connectivity index (χ4n) is 1.71. The van der Waals surface area contributed by atoms with Gasteiger partial charge in [0, 0.05) is 6.54 Å². The van der Waals surface area contributed by atoms with Crippen molar-refractivity contribution < 1.29 is 0 Å². The maximum atomic E-state index is 3.42. The van der Waals surface area contributed by atoms with Crippen molar-refractivity contribution in [1.29, 1.82) is 0 Å². The van der Waals surface area contributed by atoms with Crippen LogP contribution >= 0.6 is 0 Å². The zero-order valence-corrected chi connectivity index (χ0v) is 10.9. The molecule has 0 saturated carbocycles. The van der Waals surface area contributed by atoms with Crippen LogP contribution in [0.2, 0.25) is 0 Å². The first kappa shape index (κ1) is 13.0. The third-order valence-corrected chi connectivity index (χ3v) is 2.88. The van der Waals surface area contributed by atoms with Crippen molar-refractivity contribution in [1.82, 2.24) is 5.32 Å². The topological polar surface area (TPSA) is 12.0 Å².